The maximum Gasteiger partial charge on any atom is 0.237 e. The number of aliphatic imine (C=N–C) groups is 1. The van der Waals surface area contributed by atoms with Gasteiger partial charge in [-0.05, 0) is 0 Å². The molecule has 1 rings (SSSR count). The molecule has 0 amide bonds. The van der Waals surface area contributed by atoms with Crippen molar-refractivity contribution in [3.05, 3.63) is 12.2 Å². The van der Waals surface area contributed by atoms with Crippen LogP contribution >= 0.6 is 0 Å². The molecule has 0 aliphatic heterocycles. The molecule has 0 fully saturated rings. The molecular formula is C4H6N4O. The summed E-state index contributed by atoms with van der Waals surface area (Å²) >= 11 is 0. The summed E-state index contributed by atoms with van der Waals surface area (Å²) in [5, 5.41) is 3.45. The first-order valence-electron chi connectivity index (χ1n) is 2.33. The van der Waals surface area contributed by atoms with Crippen LogP contribution in [-0.2, 0) is 0 Å². The fraction of sp³-hybridized carbons (Fsp3) is 0.250. The van der Waals surface area contributed by atoms with Crippen LogP contribution in [0.2, 0.25) is 0 Å². The van der Waals surface area contributed by atoms with Crippen molar-refractivity contribution in [2.75, 3.05) is 7.05 Å². The summed E-state index contributed by atoms with van der Waals surface area (Å²) in [4.78, 5) is 7.29. The molecule has 0 aliphatic rings. The first kappa shape index (κ1) is 5.74. The predicted octanol–water partition coefficient (Wildman–Crippen LogP) is -0.595. The molecule has 0 radical (unpaired) electrons. The van der Waals surface area contributed by atoms with Gasteiger partial charge in [-0.1, -0.05) is 5.16 Å². The average Bonchev–Trinajstić information content (AvgIpc) is 2.37. The summed E-state index contributed by atoms with van der Waals surface area (Å²) in [7, 11) is 1.56. The Balaban J connectivity index is 2.90. The summed E-state index contributed by atoms with van der Waals surface area (Å²) in [5.41, 5.74) is 5.30. The minimum absolute atomic E-state index is 0.281. The van der Waals surface area contributed by atoms with E-state index in [-0.39, 0.29) is 5.84 Å². The van der Waals surface area contributed by atoms with Crippen LogP contribution in [0.15, 0.2) is 15.9 Å². The van der Waals surface area contributed by atoms with E-state index in [1.165, 1.54) is 6.39 Å². The van der Waals surface area contributed by atoms with Crippen molar-refractivity contribution < 1.29 is 4.52 Å². The predicted molar refractivity (Wildman–Crippen MR) is 30.9 cm³/mol. The van der Waals surface area contributed by atoms with Gasteiger partial charge in [0, 0.05) is 7.05 Å². The molecule has 0 spiro atoms. The molecule has 0 unspecified atom stereocenters. The molecule has 1 heterocycles. The van der Waals surface area contributed by atoms with Gasteiger partial charge in [-0.15, -0.1) is 0 Å². The van der Waals surface area contributed by atoms with Crippen molar-refractivity contribution in [2.45, 2.75) is 0 Å². The van der Waals surface area contributed by atoms with Crippen LogP contribution in [-0.4, -0.2) is 23.0 Å². The van der Waals surface area contributed by atoms with Crippen molar-refractivity contribution in [1.82, 2.24) is 10.1 Å². The van der Waals surface area contributed by atoms with Crippen LogP contribution in [0.1, 0.15) is 5.82 Å². The van der Waals surface area contributed by atoms with E-state index in [1.807, 2.05) is 0 Å². The number of aromatic nitrogens is 2. The topological polar surface area (TPSA) is 77.3 Å². The lowest BCUT2D eigenvalue weighted by Gasteiger charge is -1.85. The Morgan fingerprint density at radius 1 is 1.89 bits per heavy atom. The third-order valence-electron chi connectivity index (χ3n) is 0.831. The van der Waals surface area contributed by atoms with E-state index in [0.29, 0.717) is 5.82 Å². The minimum Gasteiger partial charge on any atom is -0.381 e. The van der Waals surface area contributed by atoms with Crippen LogP contribution < -0.4 is 5.73 Å². The zero-order valence-corrected chi connectivity index (χ0v) is 4.90. The van der Waals surface area contributed by atoms with Crippen LogP contribution in [0, 0.1) is 0 Å². The molecule has 1 aromatic rings. The van der Waals surface area contributed by atoms with Crippen molar-refractivity contribution in [3.63, 3.8) is 0 Å². The van der Waals surface area contributed by atoms with Gasteiger partial charge in [-0.2, -0.15) is 4.98 Å². The van der Waals surface area contributed by atoms with Gasteiger partial charge in [0.05, 0.1) is 0 Å². The lowest BCUT2D eigenvalue weighted by Crippen LogP contribution is -2.14. The molecule has 1 aromatic heterocycles. The highest BCUT2D eigenvalue weighted by Crippen LogP contribution is 1.84. The third kappa shape index (κ3) is 1.04. The summed E-state index contributed by atoms with van der Waals surface area (Å²) < 4.78 is 4.42. The van der Waals surface area contributed by atoms with Crippen LogP contribution in [0.5, 0.6) is 0 Å². The van der Waals surface area contributed by atoms with Gasteiger partial charge in [-0.25, -0.2) is 0 Å². The normalized spacial score (nSPS) is 11.9. The van der Waals surface area contributed by atoms with Crippen molar-refractivity contribution in [1.29, 1.82) is 0 Å². The quantitative estimate of drug-likeness (QED) is 0.402. The van der Waals surface area contributed by atoms with Gasteiger partial charge in [0.15, 0.2) is 5.84 Å². The van der Waals surface area contributed by atoms with E-state index in [9.17, 15) is 0 Å². The van der Waals surface area contributed by atoms with Crippen LogP contribution in [0.4, 0.5) is 0 Å². The SMILES string of the molecule is CN=C(N)c1ncon1. The molecular weight excluding hydrogens is 120 g/mol. The fourth-order valence-electron chi connectivity index (χ4n) is 0.383. The van der Waals surface area contributed by atoms with Gasteiger partial charge in [-0.3, -0.25) is 4.99 Å². The first-order chi connectivity index (χ1) is 4.34. The standard InChI is InChI=1S/C4H6N4O/c1-6-3(5)4-7-2-9-8-4/h2H,1H3,(H2,5,6). The number of rotatable bonds is 1. The Hall–Kier alpha value is -1.39. The van der Waals surface area contributed by atoms with Gasteiger partial charge in [0.25, 0.3) is 0 Å². The second kappa shape index (κ2) is 2.25. The highest BCUT2D eigenvalue weighted by Gasteiger charge is 1.99. The molecule has 0 saturated carbocycles. The zero-order chi connectivity index (χ0) is 6.69. The van der Waals surface area contributed by atoms with Gasteiger partial charge >= 0.3 is 0 Å². The fourth-order valence-corrected chi connectivity index (χ4v) is 0.383. The van der Waals surface area contributed by atoms with Crippen molar-refractivity contribution in [3.8, 4) is 0 Å². The Kier molecular flexibility index (Phi) is 1.44. The van der Waals surface area contributed by atoms with E-state index in [4.69, 9.17) is 5.73 Å². The summed E-state index contributed by atoms with van der Waals surface area (Å²) in [6, 6.07) is 0. The number of amidine groups is 1. The minimum atomic E-state index is 0.281. The van der Waals surface area contributed by atoms with E-state index in [0.717, 1.165) is 0 Å². The number of nitrogens with two attached hydrogens (primary N) is 1. The summed E-state index contributed by atoms with van der Waals surface area (Å²) in [6.07, 6.45) is 1.20. The summed E-state index contributed by atoms with van der Waals surface area (Å²) in [5.74, 6) is 0.612. The molecule has 0 saturated heterocycles. The molecule has 9 heavy (non-hydrogen) atoms. The molecule has 0 atom stereocenters. The molecule has 0 aliphatic carbocycles. The second-order valence-electron chi connectivity index (χ2n) is 1.36. The number of nitrogens with zero attached hydrogens (tertiary/aromatic N) is 3. The second-order valence-corrected chi connectivity index (χ2v) is 1.36. The van der Waals surface area contributed by atoms with Crippen molar-refractivity contribution >= 4 is 5.84 Å². The summed E-state index contributed by atoms with van der Waals surface area (Å²) in [6.45, 7) is 0. The highest BCUT2D eigenvalue weighted by atomic mass is 16.5. The Morgan fingerprint density at radius 2 is 2.67 bits per heavy atom. The molecule has 2 N–H and O–H groups in total. The molecule has 5 heteroatoms. The lowest BCUT2D eigenvalue weighted by atomic mass is 10.6. The van der Waals surface area contributed by atoms with E-state index in [2.05, 4.69) is 19.7 Å². The average molecular weight is 126 g/mol. The van der Waals surface area contributed by atoms with Gasteiger partial charge < -0.3 is 10.3 Å². The third-order valence-corrected chi connectivity index (χ3v) is 0.831. The Labute approximate surface area is 51.6 Å². The maximum absolute atomic E-state index is 5.30. The lowest BCUT2D eigenvalue weighted by molar-refractivity contribution is 0.415. The number of hydrogen-bond acceptors (Lipinski definition) is 4. The maximum atomic E-state index is 5.30. The van der Waals surface area contributed by atoms with Gasteiger partial charge in [0.1, 0.15) is 0 Å². The van der Waals surface area contributed by atoms with Crippen LogP contribution in [0.25, 0.3) is 0 Å². The molecule has 48 valence electrons. The van der Waals surface area contributed by atoms with Crippen molar-refractivity contribution in [2.24, 2.45) is 10.7 Å². The molecule has 5 nitrogen and oxygen atoms in total. The molecule has 0 bridgehead atoms. The first-order valence-corrected chi connectivity index (χ1v) is 2.33. The Morgan fingerprint density at radius 3 is 3.11 bits per heavy atom. The zero-order valence-electron chi connectivity index (χ0n) is 4.90. The molecule has 0 aromatic carbocycles. The monoisotopic (exact) mass is 126 g/mol. The van der Waals surface area contributed by atoms with Gasteiger partial charge in [0.2, 0.25) is 12.2 Å². The highest BCUT2D eigenvalue weighted by molar-refractivity contribution is 5.93. The van der Waals surface area contributed by atoms with E-state index < -0.39 is 0 Å². The Bertz CT molecular complexity index is 202. The largest absolute Gasteiger partial charge is 0.381 e. The van der Waals surface area contributed by atoms with Crippen LogP contribution in [0.3, 0.4) is 0 Å². The van der Waals surface area contributed by atoms with E-state index in [1.54, 1.807) is 7.05 Å². The van der Waals surface area contributed by atoms with E-state index >= 15 is 0 Å². The smallest absolute Gasteiger partial charge is 0.237 e. The number of hydrogen-bond donors (Lipinski definition) is 1.